The molecule has 0 radical (unpaired) electrons. The van der Waals surface area contributed by atoms with Crippen molar-refractivity contribution in [3.8, 4) is 0 Å². The van der Waals surface area contributed by atoms with E-state index in [1.165, 1.54) is 6.07 Å². The van der Waals surface area contributed by atoms with Crippen molar-refractivity contribution in [1.29, 1.82) is 0 Å². The van der Waals surface area contributed by atoms with Gasteiger partial charge in [-0.05, 0) is 24.3 Å². The lowest BCUT2D eigenvalue weighted by Gasteiger charge is -2.02. The van der Waals surface area contributed by atoms with Crippen LogP contribution in [0.5, 0.6) is 0 Å². The molecule has 2 heterocycles. The second-order valence-electron chi connectivity index (χ2n) is 6.18. The van der Waals surface area contributed by atoms with Crippen LogP contribution in [-0.4, -0.2) is 24.2 Å². The lowest BCUT2D eigenvalue weighted by atomic mass is 10.2. The van der Waals surface area contributed by atoms with E-state index in [-0.39, 0.29) is 25.5 Å². The van der Waals surface area contributed by atoms with E-state index in [1.807, 2.05) is 0 Å². The van der Waals surface area contributed by atoms with E-state index in [0.29, 0.717) is 22.3 Å². The first kappa shape index (κ1) is 20.4. The summed E-state index contributed by atoms with van der Waals surface area (Å²) in [6, 6.07) is 12.4. The Kier molecular flexibility index (Phi) is 5.09. The summed E-state index contributed by atoms with van der Waals surface area (Å²) in [7, 11) is -4.00. The van der Waals surface area contributed by atoms with Gasteiger partial charge in [0.1, 0.15) is 15.4 Å². The highest BCUT2D eigenvalue weighted by Gasteiger charge is 2.23. The topological polar surface area (TPSA) is 149 Å². The van der Waals surface area contributed by atoms with Gasteiger partial charge in [-0.3, -0.25) is 20.2 Å². The molecule has 2 aromatic carbocycles. The summed E-state index contributed by atoms with van der Waals surface area (Å²) in [6.07, 6.45) is 1.06. The zero-order chi connectivity index (χ0) is 22.2. The predicted molar refractivity (Wildman–Crippen MR) is 111 cm³/mol. The lowest BCUT2D eigenvalue weighted by Crippen LogP contribution is -2.20. The number of para-hydroxylation sites is 1. The van der Waals surface area contributed by atoms with Crippen LogP contribution < -0.4 is 10.9 Å². The number of hydrogen-bond donors (Lipinski definition) is 1. The number of nitrogens with one attached hydrogen (secondary N) is 1. The molecular weight excluding hydrogens is 446 g/mol. The second kappa shape index (κ2) is 7.74. The van der Waals surface area contributed by atoms with E-state index in [4.69, 9.17) is 4.42 Å². The highest BCUT2D eigenvalue weighted by atomic mass is 32.2. The molecule has 4 aromatic rings. The summed E-state index contributed by atoms with van der Waals surface area (Å²) in [6.45, 7) is 0. The largest absolute Gasteiger partial charge is 0.422 e. The number of fused-ring (bicyclic) bond motifs is 1. The maximum Gasteiger partial charge on any atom is 0.349 e. The Morgan fingerprint density at radius 1 is 1.13 bits per heavy atom. The van der Waals surface area contributed by atoms with Crippen molar-refractivity contribution in [2.45, 2.75) is 9.10 Å². The molecule has 1 N–H and O–H groups in total. The van der Waals surface area contributed by atoms with Crippen LogP contribution in [0.3, 0.4) is 0 Å². The minimum atomic E-state index is -4.00. The molecule has 4 rings (SSSR count). The summed E-state index contributed by atoms with van der Waals surface area (Å²) in [4.78, 5) is 38.4. The molecule has 0 saturated carbocycles. The summed E-state index contributed by atoms with van der Waals surface area (Å²) in [5.74, 6) is -0.798. The molecule has 0 atom stereocenters. The van der Waals surface area contributed by atoms with Gasteiger partial charge in [0, 0.05) is 17.5 Å². The minimum Gasteiger partial charge on any atom is -0.422 e. The lowest BCUT2D eigenvalue weighted by molar-refractivity contribution is -0.384. The fourth-order valence-electron chi connectivity index (χ4n) is 2.69. The van der Waals surface area contributed by atoms with Crippen molar-refractivity contribution in [3.05, 3.63) is 86.9 Å². The molecule has 1 amide bonds. The van der Waals surface area contributed by atoms with E-state index < -0.39 is 26.3 Å². The van der Waals surface area contributed by atoms with Crippen molar-refractivity contribution in [3.63, 3.8) is 0 Å². The van der Waals surface area contributed by atoms with E-state index in [9.17, 15) is 28.1 Å². The van der Waals surface area contributed by atoms with Gasteiger partial charge in [-0.2, -0.15) is 0 Å². The van der Waals surface area contributed by atoms with Crippen LogP contribution in [0, 0.1) is 10.1 Å². The first-order chi connectivity index (χ1) is 14.8. The number of anilines is 1. The molecule has 12 heteroatoms. The molecule has 2 aromatic heterocycles. The third-order valence-electron chi connectivity index (χ3n) is 4.21. The number of hydrogen-bond acceptors (Lipinski definition) is 9. The number of nitro groups is 1. The maximum atomic E-state index is 12.7. The van der Waals surface area contributed by atoms with Gasteiger partial charge in [-0.25, -0.2) is 18.2 Å². The van der Waals surface area contributed by atoms with Gasteiger partial charge < -0.3 is 4.42 Å². The third kappa shape index (κ3) is 3.93. The Balaban J connectivity index is 1.59. The first-order valence-corrected chi connectivity index (χ1v) is 10.9. The number of rotatable bonds is 5. The fourth-order valence-corrected chi connectivity index (χ4v) is 5.12. The van der Waals surface area contributed by atoms with Gasteiger partial charge >= 0.3 is 5.63 Å². The minimum absolute atomic E-state index is 0.0435. The SMILES string of the molecule is O=C(Nc1ncc(S(=O)(=O)c2ccc([N+](=O)[O-])cc2)s1)c1cc2ccccc2oc1=O. The van der Waals surface area contributed by atoms with Crippen LogP contribution in [0.2, 0.25) is 0 Å². The second-order valence-corrected chi connectivity index (χ2v) is 9.39. The van der Waals surface area contributed by atoms with Crippen molar-refractivity contribution >= 4 is 48.9 Å². The van der Waals surface area contributed by atoms with Gasteiger partial charge in [0.25, 0.3) is 11.6 Å². The number of aromatic nitrogens is 1. The van der Waals surface area contributed by atoms with Crippen LogP contribution in [0.4, 0.5) is 10.8 Å². The summed E-state index contributed by atoms with van der Waals surface area (Å²) in [5.41, 5.74) is -1.01. The van der Waals surface area contributed by atoms with E-state index in [2.05, 4.69) is 10.3 Å². The van der Waals surface area contributed by atoms with Gasteiger partial charge in [0.15, 0.2) is 5.13 Å². The van der Waals surface area contributed by atoms with E-state index in [1.54, 1.807) is 24.3 Å². The highest BCUT2D eigenvalue weighted by molar-refractivity contribution is 7.93. The smallest absolute Gasteiger partial charge is 0.349 e. The molecule has 0 bridgehead atoms. The van der Waals surface area contributed by atoms with Crippen LogP contribution in [-0.2, 0) is 9.84 Å². The Morgan fingerprint density at radius 3 is 2.55 bits per heavy atom. The zero-order valence-corrected chi connectivity index (χ0v) is 17.0. The predicted octanol–water partition coefficient (Wildman–Crippen LogP) is 3.24. The molecule has 0 saturated heterocycles. The van der Waals surface area contributed by atoms with Crippen LogP contribution in [0.15, 0.2) is 79.1 Å². The molecule has 156 valence electrons. The number of sulfone groups is 1. The molecule has 31 heavy (non-hydrogen) atoms. The van der Waals surface area contributed by atoms with Crippen LogP contribution >= 0.6 is 11.3 Å². The van der Waals surface area contributed by atoms with Crippen LogP contribution in [0.1, 0.15) is 10.4 Å². The van der Waals surface area contributed by atoms with Crippen molar-refractivity contribution < 1.29 is 22.6 Å². The summed E-state index contributed by atoms with van der Waals surface area (Å²) in [5, 5.41) is 13.6. The highest BCUT2D eigenvalue weighted by Crippen LogP contribution is 2.29. The molecular formula is C19H11N3O7S2. The summed E-state index contributed by atoms with van der Waals surface area (Å²) >= 11 is 0.680. The van der Waals surface area contributed by atoms with Crippen molar-refractivity contribution in [2.75, 3.05) is 5.32 Å². The van der Waals surface area contributed by atoms with Gasteiger partial charge in [0.2, 0.25) is 9.84 Å². The molecule has 0 fully saturated rings. The fraction of sp³-hybridized carbons (Fsp3) is 0. The number of nitro benzene ring substituents is 1. The Morgan fingerprint density at radius 2 is 1.84 bits per heavy atom. The Labute approximate surface area is 177 Å². The first-order valence-electron chi connectivity index (χ1n) is 8.55. The Hall–Kier alpha value is -3.90. The van der Waals surface area contributed by atoms with E-state index in [0.717, 1.165) is 30.5 Å². The number of carbonyl (C=O) groups excluding carboxylic acids is 1. The molecule has 0 unspecified atom stereocenters. The molecule has 0 aliphatic rings. The average molecular weight is 457 g/mol. The van der Waals surface area contributed by atoms with E-state index >= 15 is 0 Å². The van der Waals surface area contributed by atoms with Crippen molar-refractivity contribution in [2.24, 2.45) is 0 Å². The monoisotopic (exact) mass is 457 g/mol. The zero-order valence-electron chi connectivity index (χ0n) is 15.3. The van der Waals surface area contributed by atoms with Crippen LogP contribution in [0.25, 0.3) is 11.0 Å². The number of nitrogens with zero attached hydrogens (tertiary/aromatic N) is 2. The number of benzene rings is 2. The number of amides is 1. The quantitative estimate of drug-likeness (QED) is 0.273. The normalized spacial score (nSPS) is 11.4. The molecule has 10 nitrogen and oxygen atoms in total. The van der Waals surface area contributed by atoms with Gasteiger partial charge in [-0.1, -0.05) is 29.5 Å². The molecule has 0 aliphatic carbocycles. The van der Waals surface area contributed by atoms with Crippen molar-refractivity contribution in [1.82, 2.24) is 4.98 Å². The molecule has 0 aliphatic heterocycles. The average Bonchev–Trinajstić information content (AvgIpc) is 3.22. The molecule has 0 spiro atoms. The number of carbonyl (C=O) groups is 1. The standard InChI is InChI=1S/C19H11N3O7S2/c23-17(14-9-11-3-1-2-4-15(11)29-18(14)24)21-19-20-10-16(30-19)31(27,28)13-7-5-12(6-8-13)22(25)26/h1-10H,(H,20,21,23). The number of thiazole rings is 1. The third-order valence-corrected chi connectivity index (χ3v) is 7.36. The number of non-ortho nitro benzene ring substituents is 1. The summed E-state index contributed by atoms with van der Waals surface area (Å²) < 4.78 is 30.4. The maximum absolute atomic E-state index is 12.7. The Bertz CT molecular complexity index is 1490. The van der Waals surface area contributed by atoms with Gasteiger partial charge in [0.05, 0.1) is 16.0 Å². The van der Waals surface area contributed by atoms with Gasteiger partial charge in [-0.15, -0.1) is 0 Å².